The number of anilines is 1. The van der Waals surface area contributed by atoms with Gasteiger partial charge in [-0.3, -0.25) is 14.5 Å². The second-order valence-electron chi connectivity index (χ2n) is 8.26. The van der Waals surface area contributed by atoms with E-state index in [-0.39, 0.29) is 17.5 Å². The lowest BCUT2D eigenvalue weighted by Gasteiger charge is -2.31. The molecule has 33 heavy (non-hydrogen) atoms. The zero-order chi connectivity index (χ0) is 23.8. The number of nitrogens with one attached hydrogen (secondary N) is 2. The molecule has 3 rings (SSSR count). The van der Waals surface area contributed by atoms with E-state index >= 15 is 0 Å². The number of carbonyl (C=O) groups excluding carboxylic acids is 2. The van der Waals surface area contributed by atoms with E-state index in [1.807, 2.05) is 6.07 Å². The summed E-state index contributed by atoms with van der Waals surface area (Å²) < 4.78 is 38.6. The van der Waals surface area contributed by atoms with Crippen LogP contribution in [-0.2, 0) is 17.5 Å². The summed E-state index contributed by atoms with van der Waals surface area (Å²) >= 11 is 0. The lowest BCUT2D eigenvalue weighted by molar-refractivity contribution is -0.141. The second-order valence-corrected chi connectivity index (χ2v) is 8.26. The molecule has 0 atom stereocenters. The molecule has 9 heteroatoms. The van der Waals surface area contributed by atoms with Crippen molar-refractivity contribution in [1.82, 2.24) is 15.2 Å². The second kappa shape index (κ2) is 11.3. The average Bonchev–Trinajstić information content (AvgIpc) is 2.79. The number of benzene rings is 1. The maximum absolute atomic E-state index is 12.9. The van der Waals surface area contributed by atoms with Crippen molar-refractivity contribution >= 4 is 17.5 Å². The first-order valence-corrected chi connectivity index (χ1v) is 11.2. The molecular weight excluding hydrogens is 433 g/mol. The Labute approximate surface area is 191 Å². The van der Waals surface area contributed by atoms with Gasteiger partial charge in [-0.05, 0) is 62.2 Å². The van der Waals surface area contributed by atoms with Crippen LogP contribution in [0.4, 0.5) is 18.9 Å². The fraction of sp³-hybridized carbons (Fsp3) is 0.458. The summed E-state index contributed by atoms with van der Waals surface area (Å²) in [5.74, 6) is -0.521. The van der Waals surface area contributed by atoms with E-state index < -0.39 is 17.8 Å². The first kappa shape index (κ1) is 24.7. The van der Waals surface area contributed by atoms with Gasteiger partial charge in [0.15, 0.2) is 0 Å². The molecule has 0 aliphatic carbocycles. The SMILES string of the molecule is CCCCNC(=O)C1CCN(Cc2cccc(NC(=O)c3cccc(C(F)(F)F)n3)c2)CC1. The van der Waals surface area contributed by atoms with Crippen molar-refractivity contribution in [3.05, 3.63) is 59.4 Å². The van der Waals surface area contributed by atoms with Gasteiger partial charge < -0.3 is 10.6 Å². The highest BCUT2D eigenvalue weighted by Crippen LogP contribution is 2.27. The third kappa shape index (κ3) is 7.28. The summed E-state index contributed by atoms with van der Waals surface area (Å²) in [6.45, 7) is 5.08. The number of nitrogens with zero attached hydrogens (tertiary/aromatic N) is 2. The molecule has 2 N–H and O–H groups in total. The molecule has 0 saturated carbocycles. The van der Waals surface area contributed by atoms with Crippen LogP contribution in [0.3, 0.4) is 0 Å². The van der Waals surface area contributed by atoms with Gasteiger partial charge in [0.05, 0.1) is 0 Å². The molecule has 0 unspecified atom stereocenters. The van der Waals surface area contributed by atoms with Crippen LogP contribution in [0, 0.1) is 5.92 Å². The molecule has 0 spiro atoms. The number of amides is 2. The van der Waals surface area contributed by atoms with Crippen LogP contribution in [0.1, 0.15) is 54.4 Å². The number of pyridine rings is 1. The van der Waals surface area contributed by atoms with Crippen molar-refractivity contribution in [2.24, 2.45) is 5.92 Å². The smallest absolute Gasteiger partial charge is 0.356 e. The number of hydrogen-bond acceptors (Lipinski definition) is 4. The van der Waals surface area contributed by atoms with Crippen molar-refractivity contribution in [3.8, 4) is 0 Å². The molecule has 1 aromatic heterocycles. The van der Waals surface area contributed by atoms with Crippen molar-refractivity contribution in [1.29, 1.82) is 0 Å². The highest BCUT2D eigenvalue weighted by Gasteiger charge is 2.33. The predicted molar refractivity (Wildman–Crippen MR) is 120 cm³/mol. The fourth-order valence-corrected chi connectivity index (χ4v) is 3.81. The van der Waals surface area contributed by atoms with Gasteiger partial charge in [0.25, 0.3) is 5.91 Å². The minimum Gasteiger partial charge on any atom is -0.356 e. The summed E-state index contributed by atoms with van der Waals surface area (Å²) in [6, 6.07) is 10.4. The topological polar surface area (TPSA) is 74.3 Å². The van der Waals surface area contributed by atoms with Gasteiger partial charge in [0.2, 0.25) is 5.91 Å². The van der Waals surface area contributed by atoms with Crippen molar-refractivity contribution in [2.45, 2.75) is 45.3 Å². The minimum atomic E-state index is -4.61. The standard InChI is InChI=1S/C24H29F3N4O2/c1-2-3-12-28-22(32)18-10-13-31(14-11-18)16-17-6-4-7-19(15-17)29-23(33)20-8-5-9-21(30-20)24(25,26)27/h4-9,15,18H,2-3,10-14,16H2,1H3,(H,28,32)(H,29,33). The number of aromatic nitrogens is 1. The first-order valence-electron chi connectivity index (χ1n) is 11.2. The lowest BCUT2D eigenvalue weighted by Crippen LogP contribution is -2.40. The average molecular weight is 463 g/mol. The fourth-order valence-electron chi connectivity index (χ4n) is 3.81. The maximum Gasteiger partial charge on any atom is 0.433 e. The quantitative estimate of drug-likeness (QED) is 0.568. The number of rotatable bonds is 8. The molecular formula is C24H29F3N4O2. The Morgan fingerprint density at radius 1 is 1.12 bits per heavy atom. The van der Waals surface area contributed by atoms with E-state index in [1.165, 1.54) is 6.07 Å². The summed E-state index contributed by atoms with van der Waals surface area (Å²) in [4.78, 5) is 30.3. The van der Waals surface area contributed by atoms with Crippen LogP contribution >= 0.6 is 0 Å². The summed E-state index contributed by atoms with van der Waals surface area (Å²) in [5.41, 5.74) is 0.0541. The zero-order valence-corrected chi connectivity index (χ0v) is 18.6. The van der Waals surface area contributed by atoms with Crippen LogP contribution in [0.25, 0.3) is 0 Å². The highest BCUT2D eigenvalue weighted by molar-refractivity contribution is 6.02. The maximum atomic E-state index is 12.9. The first-order chi connectivity index (χ1) is 15.8. The number of unbranched alkanes of at least 4 members (excludes halogenated alkanes) is 1. The van der Waals surface area contributed by atoms with E-state index in [2.05, 4.69) is 27.4 Å². The number of hydrogen-bond donors (Lipinski definition) is 2. The molecule has 0 radical (unpaired) electrons. The summed E-state index contributed by atoms with van der Waals surface area (Å²) in [5, 5.41) is 5.62. The van der Waals surface area contributed by atoms with Crippen LogP contribution in [0.5, 0.6) is 0 Å². The Morgan fingerprint density at radius 3 is 2.55 bits per heavy atom. The Bertz CT molecular complexity index is 957. The van der Waals surface area contributed by atoms with Gasteiger partial charge >= 0.3 is 6.18 Å². The summed E-state index contributed by atoms with van der Waals surface area (Å²) in [7, 11) is 0. The zero-order valence-electron chi connectivity index (χ0n) is 18.6. The predicted octanol–water partition coefficient (Wildman–Crippen LogP) is 4.48. The van der Waals surface area contributed by atoms with Crippen LogP contribution in [0.2, 0.25) is 0 Å². The molecule has 0 bridgehead atoms. The molecule has 1 fully saturated rings. The third-order valence-electron chi connectivity index (χ3n) is 5.65. The number of halogens is 3. The van der Waals surface area contributed by atoms with Crippen LogP contribution < -0.4 is 10.6 Å². The van der Waals surface area contributed by atoms with E-state index in [0.717, 1.165) is 63.0 Å². The van der Waals surface area contributed by atoms with Crippen LogP contribution in [-0.4, -0.2) is 41.3 Å². The molecule has 2 heterocycles. The molecule has 1 aliphatic heterocycles. The summed E-state index contributed by atoms with van der Waals surface area (Å²) in [6.07, 6.45) is -0.971. The number of piperidine rings is 1. The van der Waals surface area contributed by atoms with Gasteiger partial charge in [0, 0.05) is 24.7 Å². The minimum absolute atomic E-state index is 0.0451. The number of likely N-dealkylation sites (tertiary alicyclic amines) is 1. The van der Waals surface area contributed by atoms with Crippen LogP contribution in [0.15, 0.2) is 42.5 Å². The van der Waals surface area contributed by atoms with Gasteiger partial charge in [-0.1, -0.05) is 31.5 Å². The molecule has 1 aliphatic rings. The third-order valence-corrected chi connectivity index (χ3v) is 5.65. The Hall–Kier alpha value is -2.94. The van der Waals surface area contributed by atoms with Gasteiger partial charge in [-0.25, -0.2) is 4.98 Å². The molecule has 178 valence electrons. The molecule has 1 saturated heterocycles. The number of alkyl halides is 3. The Morgan fingerprint density at radius 2 is 1.85 bits per heavy atom. The molecule has 1 aromatic carbocycles. The Balaban J connectivity index is 1.53. The van der Waals surface area contributed by atoms with E-state index in [1.54, 1.807) is 18.2 Å². The Kier molecular flexibility index (Phi) is 8.43. The number of carbonyl (C=O) groups is 2. The van der Waals surface area contributed by atoms with E-state index in [9.17, 15) is 22.8 Å². The van der Waals surface area contributed by atoms with Crippen molar-refractivity contribution < 1.29 is 22.8 Å². The van der Waals surface area contributed by atoms with E-state index in [4.69, 9.17) is 0 Å². The normalized spacial score (nSPS) is 15.3. The van der Waals surface area contributed by atoms with Gasteiger partial charge in [-0.2, -0.15) is 13.2 Å². The highest BCUT2D eigenvalue weighted by atomic mass is 19.4. The van der Waals surface area contributed by atoms with Gasteiger partial charge in [-0.15, -0.1) is 0 Å². The monoisotopic (exact) mass is 462 g/mol. The van der Waals surface area contributed by atoms with Gasteiger partial charge in [0.1, 0.15) is 11.4 Å². The van der Waals surface area contributed by atoms with Crippen molar-refractivity contribution in [2.75, 3.05) is 25.0 Å². The molecule has 6 nitrogen and oxygen atoms in total. The molecule has 2 aromatic rings. The lowest BCUT2D eigenvalue weighted by atomic mass is 9.95. The largest absolute Gasteiger partial charge is 0.433 e. The van der Waals surface area contributed by atoms with E-state index in [0.29, 0.717) is 12.2 Å². The van der Waals surface area contributed by atoms with Crippen molar-refractivity contribution in [3.63, 3.8) is 0 Å². The molecule has 2 amide bonds.